The van der Waals surface area contributed by atoms with Gasteiger partial charge in [0.15, 0.2) is 0 Å². The Hall–Kier alpha value is -0.530. The molecule has 108 valence electrons. The van der Waals surface area contributed by atoms with Gasteiger partial charge in [-0.3, -0.25) is 4.79 Å². The van der Waals surface area contributed by atoms with Crippen LogP contribution in [0.2, 0.25) is 0 Å². The number of hydrogen-bond donors (Lipinski definition) is 0. The average Bonchev–Trinajstić information content (AvgIpc) is 2.28. The van der Waals surface area contributed by atoms with Crippen LogP contribution in [-0.2, 0) is 9.53 Å². The SMILES string of the molecule is CCC(C)(C)CCCCCC(=O)OC(C)(C)CC. The predicted molar refractivity (Wildman–Crippen MR) is 77.6 cm³/mol. The Morgan fingerprint density at radius 3 is 2.06 bits per heavy atom. The maximum Gasteiger partial charge on any atom is 0.306 e. The number of carbonyl (C=O) groups excluding carboxylic acids is 1. The summed E-state index contributed by atoms with van der Waals surface area (Å²) < 4.78 is 5.42. The van der Waals surface area contributed by atoms with Gasteiger partial charge in [0.1, 0.15) is 5.60 Å². The summed E-state index contributed by atoms with van der Waals surface area (Å²) in [6, 6.07) is 0. The van der Waals surface area contributed by atoms with Crippen LogP contribution in [0.3, 0.4) is 0 Å². The van der Waals surface area contributed by atoms with Crippen molar-refractivity contribution in [3.63, 3.8) is 0 Å². The molecule has 0 heterocycles. The lowest BCUT2D eigenvalue weighted by molar-refractivity contribution is -0.156. The van der Waals surface area contributed by atoms with Crippen molar-refractivity contribution in [1.29, 1.82) is 0 Å². The van der Waals surface area contributed by atoms with Crippen molar-refractivity contribution in [3.05, 3.63) is 0 Å². The van der Waals surface area contributed by atoms with Crippen LogP contribution in [0.25, 0.3) is 0 Å². The van der Waals surface area contributed by atoms with Crippen LogP contribution < -0.4 is 0 Å². The van der Waals surface area contributed by atoms with Crippen molar-refractivity contribution in [3.8, 4) is 0 Å². The zero-order valence-electron chi connectivity index (χ0n) is 13.3. The summed E-state index contributed by atoms with van der Waals surface area (Å²) in [5.41, 5.74) is 0.145. The second-order valence-electron chi connectivity index (χ2n) is 6.67. The second kappa shape index (κ2) is 7.81. The highest BCUT2D eigenvalue weighted by molar-refractivity contribution is 5.69. The Bertz CT molecular complexity index is 241. The molecule has 0 spiro atoms. The van der Waals surface area contributed by atoms with Gasteiger partial charge in [0.05, 0.1) is 0 Å². The molecule has 0 aliphatic carbocycles. The summed E-state index contributed by atoms with van der Waals surface area (Å²) >= 11 is 0. The van der Waals surface area contributed by atoms with E-state index in [0.717, 1.165) is 19.3 Å². The predicted octanol–water partition coefficient (Wildman–Crippen LogP) is 5.10. The largest absolute Gasteiger partial charge is 0.460 e. The highest BCUT2D eigenvalue weighted by atomic mass is 16.6. The highest BCUT2D eigenvalue weighted by Gasteiger charge is 2.20. The Morgan fingerprint density at radius 1 is 0.944 bits per heavy atom. The van der Waals surface area contributed by atoms with Crippen LogP contribution in [0.4, 0.5) is 0 Å². The summed E-state index contributed by atoms with van der Waals surface area (Å²) in [5, 5.41) is 0. The third kappa shape index (κ3) is 8.54. The molecule has 0 fully saturated rings. The minimum atomic E-state index is -0.304. The minimum absolute atomic E-state index is 0.0448. The lowest BCUT2D eigenvalue weighted by atomic mass is 9.84. The Labute approximate surface area is 113 Å². The summed E-state index contributed by atoms with van der Waals surface area (Å²) in [4.78, 5) is 11.6. The van der Waals surface area contributed by atoms with Gasteiger partial charge in [0, 0.05) is 6.42 Å². The molecule has 18 heavy (non-hydrogen) atoms. The van der Waals surface area contributed by atoms with Crippen molar-refractivity contribution < 1.29 is 9.53 Å². The maximum atomic E-state index is 11.6. The number of ether oxygens (including phenoxy) is 1. The summed E-state index contributed by atoms with van der Waals surface area (Å²) in [6.07, 6.45) is 7.20. The van der Waals surface area contributed by atoms with Gasteiger partial charge in [0.2, 0.25) is 0 Å². The summed E-state index contributed by atoms with van der Waals surface area (Å²) in [7, 11) is 0. The molecule has 2 nitrogen and oxygen atoms in total. The molecule has 0 aliphatic rings. The molecular weight excluding hydrogens is 224 g/mol. The highest BCUT2D eigenvalue weighted by Crippen LogP contribution is 2.27. The van der Waals surface area contributed by atoms with E-state index in [9.17, 15) is 4.79 Å². The molecule has 2 heteroatoms. The van der Waals surface area contributed by atoms with Crippen LogP contribution in [0.1, 0.15) is 86.5 Å². The third-order valence-electron chi connectivity index (χ3n) is 3.93. The monoisotopic (exact) mass is 256 g/mol. The quantitative estimate of drug-likeness (QED) is 0.423. The van der Waals surface area contributed by atoms with Gasteiger partial charge in [-0.2, -0.15) is 0 Å². The number of hydrogen-bond acceptors (Lipinski definition) is 2. The Balaban J connectivity index is 3.65. The fourth-order valence-electron chi connectivity index (χ4n) is 1.66. The van der Waals surface area contributed by atoms with E-state index in [1.165, 1.54) is 19.3 Å². The van der Waals surface area contributed by atoms with Crippen molar-refractivity contribution in [1.82, 2.24) is 0 Å². The average molecular weight is 256 g/mol. The van der Waals surface area contributed by atoms with Gasteiger partial charge in [-0.15, -0.1) is 0 Å². The molecule has 0 saturated carbocycles. The first-order chi connectivity index (χ1) is 8.22. The van der Waals surface area contributed by atoms with Crippen LogP contribution in [0, 0.1) is 5.41 Å². The van der Waals surface area contributed by atoms with E-state index in [1.807, 2.05) is 20.8 Å². The number of unbranched alkanes of at least 4 members (excludes halogenated alkanes) is 2. The van der Waals surface area contributed by atoms with Crippen LogP contribution in [-0.4, -0.2) is 11.6 Å². The molecule has 0 bridgehead atoms. The minimum Gasteiger partial charge on any atom is -0.460 e. The summed E-state index contributed by atoms with van der Waals surface area (Å²) in [5.74, 6) is -0.0448. The lowest BCUT2D eigenvalue weighted by Gasteiger charge is -2.23. The summed E-state index contributed by atoms with van der Waals surface area (Å²) in [6.45, 7) is 12.8. The zero-order valence-corrected chi connectivity index (χ0v) is 13.3. The first-order valence-corrected chi connectivity index (χ1v) is 7.44. The molecule has 0 aromatic rings. The molecule has 0 amide bonds. The molecule has 0 aliphatic heterocycles. The van der Waals surface area contributed by atoms with Gasteiger partial charge in [-0.1, -0.05) is 47.0 Å². The standard InChI is InChI=1S/C16H32O2/c1-7-15(3,4)13-11-9-10-12-14(17)18-16(5,6)8-2/h7-13H2,1-6H3. The molecule has 0 saturated heterocycles. The van der Waals surface area contributed by atoms with E-state index >= 15 is 0 Å². The molecule has 0 radical (unpaired) electrons. The topological polar surface area (TPSA) is 26.3 Å². The van der Waals surface area contributed by atoms with E-state index in [1.54, 1.807) is 0 Å². The van der Waals surface area contributed by atoms with E-state index < -0.39 is 0 Å². The van der Waals surface area contributed by atoms with Crippen molar-refractivity contribution in [2.45, 2.75) is 92.1 Å². The zero-order chi connectivity index (χ0) is 14.2. The smallest absolute Gasteiger partial charge is 0.306 e. The fraction of sp³-hybridized carbons (Fsp3) is 0.938. The van der Waals surface area contributed by atoms with E-state index in [-0.39, 0.29) is 11.6 Å². The van der Waals surface area contributed by atoms with Crippen LogP contribution in [0.15, 0.2) is 0 Å². The van der Waals surface area contributed by atoms with Crippen molar-refractivity contribution >= 4 is 5.97 Å². The van der Waals surface area contributed by atoms with E-state index in [4.69, 9.17) is 4.74 Å². The van der Waals surface area contributed by atoms with Gasteiger partial charge in [0.25, 0.3) is 0 Å². The van der Waals surface area contributed by atoms with Gasteiger partial charge < -0.3 is 4.74 Å². The van der Waals surface area contributed by atoms with Crippen LogP contribution >= 0.6 is 0 Å². The van der Waals surface area contributed by atoms with E-state index in [0.29, 0.717) is 11.8 Å². The Kier molecular flexibility index (Phi) is 7.58. The molecule has 0 atom stereocenters. The van der Waals surface area contributed by atoms with E-state index in [2.05, 4.69) is 20.8 Å². The van der Waals surface area contributed by atoms with Gasteiger partial charge in [-0.05, 0) is 38.5 Å². The van der Waals surface area contributed by atoms with Gasteiger partial charge in [-0.25, -0.2) is 0 Å². The fourth-order valence-corrected chi connectivity index (χ4v) is 1.66. The van der Waals surface area contributed by atoms with Crippen molar-refractivity contribution in [2.24, 2.45) is 5.41 Å². The maximum absolute atomic E-state index is 11.6. The molecule has 0 aromatic carbocycles. The van der Waals surface area contributed by atoms with Crippen LogP contribution in [0.5, 0.6) is 0 Å². The lowest BCUT2D eigenvalue weighted by Crippen LogP contribution is -2.26. The molecule has 0 N–H and O–H groups in total. The van der Waals surface area contributed by atoms with Gasteiger partial charge >= 0.3 is 5.97 Å². The first kappa shape index (κ1) is 17.5. The Morgan fingerprint density at radius 2 is 1.56 bits per heavy atom. The second-order valence-corrected chi connectivity index (χ2v) is 6.67. The molecule has 0 rings (SSSR count). The van der Waals surface area contributed by atoms with Crippen molar-refractivity contribution in [2.75, 3.05) is 0 Å². The molecular formula is C16H32O2. The molecule has 0 aromatic heterocycles. The first-order valence-electron chi connectivity index (χ1n) is 7.44. The number of rotatable bonds is 9. The molecule has 0 unspecified atom stereocenters. The third-order valence-corrected chi connectivity index (χ3v) is 3.93. The number of esters is 1. The number of carbonyl (C=O) groups is 1. The normalized spacial score (nSPS) is 12.6.